The Hall–Kier alpha value is -2.29. The molecule has 0 unspecified atom stereocenters. The van der Waals surface area contributed by atoms with Gasteiger partial charge in [0.05, 0.1) is 6.61 Å². The zero-order valence-corrected chi connectivity index (χ0v) is 12.5. The van der Waals surface area contributed by atoms with Gasteiger partial charge in [0.25, 0.3) is 0 Å². The summed E-state index contributed by atoms with van der Waals surface area (Å²) in [4.78, 5) is 11.9. The first kappa shape index (κ1) is 15.1. The normalized spacial score (nSPS) is 10.2. The Morgan fingerprint density at radius 3 is 2.43 bits per heavy atom. The minimum absolute atomic E-state index is 0.210. The predicted octanol–water partition coefficient (Wildman–Crippen LogP) is 3.93. The third kappa shape index (κ3) is 4.63. The summed E-state index contributed by atoms with van der Waals surface area (Å²) in [7, 11) is 0. The number of ether oxygens (including phenoxy) is 2. The van der Waals surface area contributed by atoms with Gasteiger partial charge in [0.1, 0.15) is 11.5 Å². The minimum Gasteiger partial charge on any atom is -0.494 e. The molecule has 0 aliphatic heterocycles. The summed E-state index contributed by atoms with van der Waals surface area (Å²) in [6, 6.07) is 15.3. The lowest BCUT2D eigenvalue weighted by molar-refractivity contribution is -0.134. The fraction of sp³-hybridized carbons (Fsp3) is 0.278. The largest absolute Gasteiger partial charge is 0.494 e. The van der Waals surface area contributed by atoms with E-state index in [4.69, 9.17) is 9.47 Å². The van der Waals surface area contributed by atoms with E-state index in [9.17, 15) is 4.79 Å². The molecule has 0 saturated carbocycles. The van der Waals surface area contributed by atoms with Gasteiger partial charge >= 0.3 is 5.97 Å². The molecule has 2 aromatic carbocycles. The number of rotatable bonds is 6. The number of carbonyl (C=O) groups is 1. The van der Waals surface area contributed by atoms with Gasteiger partial charge in [-0.15, -0.1) is 0 Å². The highest BCUT2D eigenvalue weighted by Gasteiger charge is 2.07. The molecule has 0 fully saturated rings. The van der Waals surface area contributed by atoms with Crippen molar-refractivity contribution >= 4 is 5.97 Å². The van der Waals surface area contributed by atoms with Gasteiger partial charge < -0.3 is 9.47 Å². The Balaban J connectivity index is 1.85. The van der Waals surface area contributed by atoms with Gasteiger partial charge in [-0.1, -0.05) is 30.3 Å². The van der Waals surface area contributed by atoms with Crippen LogP contribution in [-0.2, 0) is 11.2 Å². The number of aryl methyl sites for hydroxylation is 2. The average Bonchev–Trinajstić information content (AvgIpc) is 2.49. The molecule has 3 heteroatoms. The molecule has 0 radical (unpaired) electrons. The molecule has 0 atom stereocenters. The number of hydrogen-bond acceptors (Lipinski definition) is 3. The van der Waals surface area contributed by atoms with E-state index in [-0.39, 0.29) is 5.97 Å². The van der Waals surface area contributed by atoms with E-state index in [0.717, 1.165) is 16.9 Å². The van der Waals surface area contributed by atoms with Crippen LogP contribution in [0.4, 0.5) is 0 Å². The molecule has 3 nitrogen and oxygen atoms in total. The fourth-order valence-corrected chi connectivity index (χ4v) is 2.01. The summed E-state index contributed by atoms with van der Waals surface area (Å²) in [6.07, 6.45) is 1.03. The Bertz CT molecular complexity index is 588. The number of carbonyl (C=O) groups excluding carboxylic acids is 1. The van der Waals surface area contributed by atoms with Crippen molar-refractivity contribution in [2.45, 2.75) is 26.7 Å². The molecule has 0 aliphatic rings. The van der Waals surface area contributed by atoms with Crippen molar-refractivity contribution in [3.8, 4) is 11.5 Å². The van der Waals surface area contributed by atoms with Crippen LogP contribution in [0.15, 0.2) is 48.5 Å². The monoisotopic (exact) mass is 284 g/mol. The van der Waals surface area contributed by atoms with Crippen LogP contribution in [0.1, 0.15) is 24.5 Å². The van der Waals surface area contributed by atoms with E-state index in [1.807, 2.05) is 62.4 Å². The summed E-state index contributed by atoms with van der Waals surface area (Å²) in [5.74, 6) is 1.27. The molecule has 2 rings (SSSR count). The molecule has 0 aromatic heterocycles. The van der Waals surface area contributed by atoms with Gasteiger partial charge in [0.2, 0.25) is 0 Å². The first-order chi connectivity index (χ1) is 10.2. The standard InChI is InChI=1S/C18H20O3/c1-3-20-16-11-8-15(9-12-16)10-13-18(19)21-17-7-5-4-6-14(17)2/h4-9,11-12H,3,10,13H2,1-2H3. The predicted molar refractivity (Wildman–Crippen MR) is 82.7 cm³/mol. The third-order valence-electron chi connectivity index (χ3n) is 3.17. The smallest absolute Gasteiger partial charge is 0.311 e. The highest BCUT2D eigenvalue weighted by Crippen LogP contribution is 2.18. The summed E-state index contributed by atoms with van der Waals surface area (Å²) < 4.78 is 10.8. The lowest BCUT2D eigenvalue weighted by atomic mass is 10.1. The van der Waals surface area contributed by atoms with Gasteiger partial charge in [0.15, 0.2) is 0 Å². The first-order valence-corrected chi connectivity index (χ1v) is 7.17. The molecular formula is C18H20O3. The lowest BCUT2D eigenvalue weighted by Crippen LogP contribution is -2.09. The topological polar surface area (TPSA) is 35.5 Å². The Kier molecular flexibility index (Phi) is 5.38. The SMILES string of the molecule is CCOc1ccc(CCC(=O)Oc2ccccc2C)cc1. The van der Waals surface area contributed by atoms with Crippen molar-refractivity contribution in [3.63, 3.8) is 0 Å². The van der Waals surface area contributed by atoms with Gasteiger partial charge in [-0.3, -0.25) is 4.79 Å². The Morgan fingerprint density at radius 2 is 1.76 bits per heavy atom. The highest BCUT2D eigenvalue weighted by atomic mass is 16.5. The maximum Gasteiger partial charge on any atom is 0.311 e. The van der Waals surface area contributed by atoms with Gasteiger partial charge in [0, 0.05) is 6.42 Å². The minimum atomic E-state index is -0.210. The van der Waals surface area contributed by atoms with E-state index in [0.29, 0.717) is 25.2 Å². The van der Waals surface area contributed by atoms with Crippen molar-refractivity contribution in [2.24, 2.45) is 0 Å². The zero-order chi connectivity index (χ0) is 15.1. The summed E-state index contributed by atoms with van der Waals surface area (Å²) in [6.45, 7) is 4.53. The van der Waals surface area contributed by atoms with Crippen molar-refractivity contribution in [2.75, 3.05) is 6.61 Å². The zero-order valence-electron chi connectivity index (χ0n) is 12.5. The molecule has 0 amide bonds. The van der Waals surface area contributed by atoms with Crippen molar-refractivity contribution in [1.82, 2.24) is 0 Å². The summed E-state index contributed by atoms with van der Waals surface area (Å²) >= 11 is 0. The Labute approximate surface area is 125 Å². The fourth-order valence-electron chi connectivity index (χ4n) is 2.01. The van der Waals surface area contributed by atoms with Crippen molar-refractivity contribution < 1.29 is 14.3 Å². The maximum absolute atomic E-state index is 11.9. The van der Waals surface area contributed by atoms with E-state index >= 15 is 0 Å². The highest BCUT2D eigenvalue weighted by molar-refractivity contribution is 5.73. The number of para-hydroxylation sites is 1. The Morgan fingerprint density at radius 1 is 1.05 bits per heavy atom. The van der Waals surface area contributed by atoms with Gasteiger partial charge in [-0.2, -0.15) is 0 Å². The van der Waals surface area contributed by atoms with Gasteiger partial charge in [-0.25, -0.2) is 0 Å². The van der Waals surface area contributed by atoms with Crippen molar-refractivity contribution in [3.05, 3.63) is 59.7 Å². The quantitative estimate of drug-likeness (QED) is 0.595. The third-order valence-corrected chi connectivity index (χ3v) is 3.17. The van der Waals surface area contributed by atoms with Crippen LogP contribution in [0.25, 0.3) is 0 Å². The van der Waals surface area contributed by atoms with Crippen LogP contribution in [0.2, 0.25) is 0 Å². The van der Waals surface area contributed by atoms with E-state index < -0.39 is 0 Å². The molecular weight excluding hydrogens is 264 g/mol. The van der Waals surface area contributed by atoms with E-state index in [2.05, 4.69) is 0 Å². The molecule has 0 heterocycles. The molecule has 0 aliphatic carbocycles. The van der Waals surface area contributed by atoms with Crippen LogP contribution >= 0.6 is 0 Å². The lowest BCUT2D eigenvalue weighted by Gasteiger charge is -2.07. The molecule has 0 bridgehead atoms. The molecule has 2 aromatic rings. The molecule has 0 spiro atoms. The summed E-state index contributed by atoms with van der Waals surface area (Å²) in [5.41, 5.74) is 2.06. The second-order valence-corrected chi connectivity index (χ2v) is 4.82. The number of hydrogen-bond donors (Lipinski definition) is 0. The number of benzene rings is 2. The first-order valence-electron chi connectivity index (χ1n) is 7.17. The van der Waals surface area contributed by atoms with Crippen LogP contribution in [-0.4, -0.2) is 12.6 Å². The van der Waals surface area contributed by atoms with Crippen LogP contribution in [0, 0.1) is 6.92 Å². The van der Waals surface area contributed by atoms with Crippen LogP contribution in [0.5, 0.6) is 11.5 Å². The molecule has 21 heavy (non-hydrogen) atoms. The maximum atomic E-state index is 11.9. The second-order valence-electron chi connectivity index (χ2n) is 4.82. The molecule has 0 saturated heterocycles. The van der Waals surface area contributed by atoms with E-state index in [1.165, 1.54) is 0 Å². The number of esters is 1. The van der Waals surface area contributed by atoms with E-state index in [1.54, 1.807) is 0 Å². The second kappa shape index (κ2) is 7.48. The van der Waals surface area contributed by atoms with Gasteiger partial charge in [-0.05, 0) is 49.6 Å². The van der Waals surface area contributed by atoms with Crippen LogP contribution in [0.3, 0.4) is 0 Å². The molecule has 0 N–H and O–H groups in total. The van der Waals surface area contributed by atoms with Crippen LogP contribution < -0.4 is 9.47 Å². The van der Waals surface area contributed by atoms with Crippen molar-refractivity contribution in [1.29, 1.82) is 0 Å². The average molecular weight is 284 g/mol. The molecule has 110 valence electrons. The summed E-state index contributed by atoms with van der Waals surface area (Å²) in [5, 5.41) is 0.